The first-order chi connectivity index (χ1) is 11.4. The molecule has 6 nitrogen and oxygen atoms in total. The van der Waals surface area contributed by atoms with Crippen molar-refractivity contribution in [3.05, 3.63) is 28.8 Å². The van der Waals surface area contributed by atoms with Crippen molar-refractivity contribution in [3.8, 4) is 0 Å². The zero-order chi connectivity index (χ0) is 17.7. The molecule has 1 aliphatic rings. The van der Waals surface area contributed by atoms with E-state index in [-0.39, 0.29) is 42.3 Å². The van der Waals surface area contributed by atoms with Crippen LogP contribution in [-0.2, 0) is 24.3 Å². The lowest BCUT2D eigenvalue weighted by molar-refractivity contribution is -0.148. The lowest BCUT2D eigenvalue weighted by Crippen LogP contribution is -2.36. The van der Waals surface area contributed by atoms with Gasteiger partial charge in [0.05, 0.1) is 18.2 Å². The molecule has 24 heavy (non-hydrogen) atoms. The minimum atomic E-state index is -3.70. The maximum atomic E-state index is 13.0. The highest BCUT2D eigenvalue weighted by Crippen LogP contribution is 2.35. The van der Waals surface area contributed by atoms with E-state index >= 15 is 0 Å². The molecular formula is C16H22ClNO5S. The van der Waals surface area contributed by atoms with E-state index in [1.165, 1.54) is 4.31 Å². The molecule has 0 atom stereocenters. The van der Waals surface area contributed by atoms with Crippen LogP contribution in [0.4, 0.5) is 0 Å². The Morgan fingerprint density at radius 1 is 1.38 bits per heavy atom. The first kappa shape index (κ1) is 19.2. The van der Waals surface area contributed by atoms with Crippen LogP contribution in [0.3, 0.4) is 0 Å². The topological polar surface area (TPSA) is 72.9 Å². The zero-order valence-electron chi connectivity index (χ0n) is 13.8. The zero-order valence-corrected chi connectivity index (χ0v) is 15.4. The highest BCUT2D eigenvalue weighted by atomic mass is 35.5. The van der Waals surface area contributed by atoms with Gasteiger partial charge in [-0.1, -0.05) is 23.7 Å². The van der Waals surface area contributed by atoms with Crippen LogP contribution in [0.25, 0.3) is 0 Å². The van der Waals surface area contributed by atoms with Crippen molar-refractivity contribution < 1.29 is 22.7 Å². The number of carbonyl (C=O) groups excluding carboxylic acids is 1. The van der Waals surface area contributed by atoms with E-state index in [9.17, 15) is 13.2 Å². The Hall–Kier alpha value is -1.15. The first-order valence-corrected chi connectivity index (χ1v) is 9.70. The number of sulfonamides is 1. The van der Waals surface area contributed by atoms with Gasteiger partial charge in [0.2, 0.25) is 10.0 Å². The molecule has 1 fully saturated rings. The van der Waals surface area contributed by atoms with E-state index in [0.29, 0.717) is 5.56 Å². The van der Waals surface area contributed by atoms with Gasteiger partial charge in [0.15, 0.2) is 0 Å². The summed E-state index contributed by atoms with van der Waals surface area (Å²) >= 11 is 6.12. The predicted octanol–water partition coefficient (Wildman–Crippen LogP) is 2.38. The summed E-state index contributed by atoms with van der Waals surface area (Å²) in [5, 5.41) is 0.216. The number of esters is 1. The average Bonchev–Trinajstić information content (AvgIpc) is 3.31. The van der Waals surface area contributed by atoms with Gasteiger partial charge < -0.3 is 9.47 Å². The number of nitrogens with zero attached hydrogens (tertiary/aromatic N) is 1. The van der Waals surface area contributed by atoms with E-state index in [4.69, 9.17) is 21.1 Å². The van der Waals surface area contributed by atoms with Crippen molar-refractivity contribution in [2.45, 2.75) is 37.6 Å². The van der Waals surface area contributed by atoms with Crippen LogP contribution in [0, 0.1) is 6.92 Å². The molecule has 1 aromatic rings. The fourth-order valence-electron chi connectivity index (χ4n) is 2.43. The summed E-state index contributed by atoms with van der Waals surface area (Å²) in [7, 11) is -3.70. The molecule has 0 radical (unpaired) electrons. The monoisotopic (exact) mass is 375 g/mol. The average molecular weight is 376 g/mol. The molecular weight excluding hydrogens is 354 g/mol. The van der Waals surface area contributed by atoms with Crippen LogP contribution in [0.2, 0.25) is 5.02 Å². The maximum absolute atomic E-state index is 13.0. The molecule has 134 valence electrons. The normalized spacial score (nSPS) is 14.8. The molecule has 0 saturated heterocycles. The third-order valence-corrected chi connectivity index (χ3v) is 6.25. The number of carbonyl (C=O) groups is 1. The SMILES string of the molecule is CCOC(=O)COCCN(C1CC1)S(=O)(=O)c1c(C)cccc1Cl. The number of hydrogen-bond acceptors (Lipinski definition) is 5. The van der Waals surface area contributed by atoms with Crippen molar-refractivity contribution >= 4 is 27.6 Å². The molecule has 0 aromatic heterocycles. The molecule has 0 N–H and O–H groups in total. The maximum Gasteiger partial charge on any atom is 0.332 e. The number of halogens is 1. The largest absolute Gasteiger partial charge is 0.464 e. The Bertz CT molecular complexity index is 667. The molecule has 8 heteroatoms. The minimum absolute atomic E-state index is 0.0307. The van der Waals surface area contributed by atoms with E-state index in [1.807, 2.05) is 0 Å². The minimum Gasteiger partial charge on any atom is -0.464 e. The van der Waals surface area contributed by atoms with Crippen molar-refractivity contribution in [1.82, 2.24) is 4.31 Å². The molecule has 0 aliphatic heterocycles. The summed E-state index contributed by atoms with van der Waals surface area (Å²) in [6.45, 7) is 3.84. The molecule has 2 rings (SSSR count). The van der Waals surface area contributed by atoms with E-state index in [2.05, 4.69) is 0 Å². The number of aryl methyl sites for hydroxylation is 1. The van der Waals surface area contributed by atoms with Gasteiger partial charge in [-0.2, -0.15) is 4.31 Å². The van der Waals surface area contributed by atoms with E-state index in [0.717, 1.165) is 12.8 Å². The lowest BCUT2D eigenvalue weighted by atomic mass is 10.2. The molecule has 0 amide bonds. The Morgan fingerprint density at radius 3 is 2.67 bits per heavy atom. The van der Waals surface area contributed by atoms with Crippen LogP contribution >= 0.6 is 11.6 Å². The second kappa shape index (κ2) is 8.29. The molecule has 0 unspecified atom stereocenters. The highest BCUT2D eigenvalue weighted by molar-refractivity contribution is 7.89. The van der Waals surface area contributed by atoms with Gasteiger partial charge in [0.25, 0.3) is 0 Å². The van der Waals surface area contributed by atoms with Crippen molar-refractivity contribution in [1.29, 1.82) is 0 Å². The molecule has 1 aromatic carbocycles. The second-order valence-electron chi connectivity index (χ2n) is 5.59. The van der Waals surface area contributed by atoms with Gasteiger partial charge in [0, 0.05) is 12.6 Å². The van der Waals surface area contributed by atoms with Crippen LogP contribution in [0.15, 0.2) is 23.1 Å². The summed E-state index contributed by atoms with van der Waals surface area (Å²) in [6.07, 6.45) is 1.64. The molecule has 0 bridgehead atoms. The summed E-state index contributed by atoms with van der Waals surface area (Å²) in [5.41, 5.74) is 0.612. The van der Waals surface area contributed by atoms with Gasteiger partial charge in [-0.15, -0.1) is 0 Å². The molecule has 0 spiro atoms. The quantitative estimate of drug-likeness (QED) is 0.489. The van der Waals surface area contributed by atoms with Crippen LogP contribution in [0.5, 0.6) is 0 Å². The fraction of sp³-hybridized carbons (Fsp3) is 0.562. The number of ether oxygens (including phenoxy) is 2. The Morgan fingerprint density at radius 2 is 2.08 bits per heavy atom. The third-order valence-electron chi connectivity index (χ3n) is 3.67. The van der Waals surface area contributed by atoms with Crippen LogP contribution in [-0.4, -0.2) is 51.1 Å². The molecule has 1 aliphatic carbocycles. The van der Waals surface area contributed by atoms with Gasteiger partial charge >= 0.3 is 5.97 Å². The first-order valence-electron chi connectivity index (χ1n) is 7.88. The van der Waals surface area contributed by atoms with Crippen molar-refractivity contribution in [2.75, 3.05) is 26.4 Å². The van der Waals surface area contributed by atoms with Crippen molar-refractivity contribution in [3.63, 3.8) is 0 Å². The molecule has 0 heterocycles. The fourth-order valence-corrected chi connectivity index (χ4v) is 4.89. The molecule has 1 saturated carbocycles. The smallest absolute Gasteiger partial charge is 0.332 e. The summed E-state index contributed by atoms with van der Waals surface area (Å²) < 4.78 is 37.4. The van der Waals surface area contributed by atoms with E-state index < -0.39 is 16.0 Å². The van der Waals surface area contributed by atoms with Gasteiger partial charge in [-0.3, -0.25) is 0 Å². The van der Waals surface area contributed by atoms with Gasteiger partial charge in [-0.25, -0.2) is 13.2 Å². The standard InChI is InChI=1S/C16H22ClNO5S/c1-3-23-15(19)11-22-10-9-18(13-7-8-13)24(20,21)16-12(2)5-4-6-14(16)17/h4-6,13H,3,7-11H2,1-2H3. The lowest BCUT2D eigenvalue weighted by Gasteiger charge is -2.23. The Labute approximate surface area is 147 Å². The van der Waals surface area contributed by atoms with Crippen LogP contribution < -0.4 is 0 Å². The second-order valence-corrected chi connectivity index (χ2v) is 7.82. The van der Waals surface area contributed by atoms with Gasteiger partial charge in [-0.05, 0) is 38.3 Å². The summed E-state index contributed by atoms with van der Waals surface area (Å²) in [6, 6.07) is 4.99. The van der Waals surface area contributed by atoms with Crippen LogP contribution in [0.1, 0.15) is 25.3 Å². The Kier molecular flexibility index (Phi) is 6.62. The predicted molar refractivity (Wildman–Crippen MR) is 90.6 cm³/mol. The van der Waals surface area contributed by atoms with E-state index in [1.54, 1.807) is 32.0 Å². The number of benzene rings is 1. The van der Waals surface area contributed by atoms with Gasteiger partial charge in [0.1, 0.15) is 11.5 Å². The van der Waals surface area contributed by atoms with Crippen molar-refractivity contribution in [2.24, 2.45) is 0 Å². The number of rotatable bonds is 9. The third kappa shape index (κ3) is 4.69. The Balaban J connectivity index is 2.06. The highest BCUT2D eigenvalue weighted by Gasteiger charge is 2.39. The summed E-state index contributed by atoms with van der Waals surface area (Å²) in [5.74, 6) is -0.458. The number of hydrogen-bond donors (Lipinski definition) is 0. The summed E-state index contributed by atoms with van der Waals surface area (Å²) in [4.78, 5) is 11.4.